The molecule has 98 valence electrons. The van der Waals surface area contributed by atoms with Gasteiger partial charge in [0.1, 0.15) is 0 Å². The molecule has 3 N–H and O–H groups in total. The van der Waals surface area contributed by atoms with Gasteiger partial charge in [0, 0.05) is 19.8 Å². The minimum atomic E-state index is 0.0961. The molecule has 0 aromatic heterocycles. The van der Waals surface area contributed by atoms with Crippen molar-refractivity contribution in [3.8, 4) is 0 Å². The normalized spacial score (nSPS) is 11.6. The third kappa shape index (κ3) is 3.52. The smallest absolute Gasteiger partial charge is 0.171 e. The Morgan fingerprint density at radius 3 is 2.37 bits per heavy atom. The van der Waals surface area contributed by atoms with Crippen molar-refractivity contribution in [2.24, 2.45) is 10.9 Å². The van der Waals surface area contributed by atoms with Gasteiger partial charge in [-0.3, -0.25) is 0 Å². The fraction of sp³-hybridized carbons (Fsp3) is 0.0714. The second-order valence-electron chi connectivity index (χ2n) is 4.04. The first-order valence-electron chi connectivity index (χ1n) is 5.62. The number of halogens is 1. The predicted octanol–water partition coefficient (Wildman–Crippen LogP) is 4.00. The van der Waals surface area contributed by atoms with Gasteiger partial charge in [-0.05, 0) is 53.2 Å². The topological polar surface area (TPSA) is 58.6 Å². The summed E-state index contributed by atoms with van der Waals surface area (Å²) in [4.78, 5) is 2.26. The number of nitrogens with two attached hydrogens (primary N) is 1. The molecule has 0 bridgehead atoms. The molecular formula is C14H13BrN2OS. The van der Waals surface area contributed by atoms with Crippen LogP contribution in [0.3, 0.4) is 0 Å². The average molecular weight is 337 g/mol. The highest BCUT2D eigenvalue weighted by atomic mass is 79.9. The standard InChI is InChI=1S/C14H13BrN2OS/c1-9-2-4-10(5-3-9)19-11-6-7-12(13(15)8-11)14(16)17-18/h2-8,18H,1H3,(H2,16,17). The Hall–Kier alpha value is -1.46. The van der Waals surface area contributed by atoms with Crippen molar-refractivity contribution in [2.75, 3.05) is 0 Å². The van der Waals surface area contributed by atoms with Crippen LogP contribution >= 0.6 is 27.7 Å². The number of aryl methyl sites for hydroxylation is 1. The molecule has 0 atom stereocenters. The lowest BCUT2D eigenvalue weighted by atomic mass is 10.2. The second-order valence-corrected chi connectivity index (χ2v) is 6.04. The summed E-state index contributed by atoms with van der Waals surface area (Å²) < 4.78 is 0.805. The van der Waals surface area contributed by atoms with E-state index in [0.717, 1.165) is 9.37 Å². The lowest BCUT2D eigenvalue weighted by Gasteiger charge is -2.06. The van der Waals surface area contributed by atoms with Crippen LogP contribution in [0.2, 0.25) is 0 Å². The Labute approximate surface area is 124 Å². The second kappa shape index (κ2) is 6.12. The Kier molecular flexibility index (Phi) is 4.50. The van der Waals surface area contributed by atoms with E-state index in [4.69, 9.17) is 10.9 Å². The first-order valence-corrected chi connectivity index (χ1v) is 7.23. The van der Waals surface area contributed by atoms with Crippen LogP contribution in [0.25, 0.3) is 0 Å². The Bertz CT molecular complexity index is 611. The van der Waals surface area contributed by atoms with E-state index in [1.54, 1.807) is 11.8 Å². The Morgan fingerprint density at radius 1 is 1.16 bits per heavy atom. The number of amidine groups is 1. The summed E-state index contributed by atoms with van der Waals surface area (Å²) >= 11 is 5.09. The molecule has 0 amide bonds. The molecule has 3 nitrogen and oxygen atoms in total. The zero-order valence-electron chi connectivity index (χ0n) is 10.3. The summed E-state index contributed by atoms with van der Waals surface area (Å²) in [5.74, 6) is 0.0961. The molecule has 0 aliphatic rings. The molecule has 0 aliphatic heterocycles. The number of oxime groups is 1. The molecule has 0 heterocycles. The third-order valence-electron chi connectivity index (χ3n) is 2.58. The Morgan fingerprint density at radius 2 is 1.79 bits per heavy atom. The van der Waals surface area contributed by atoms with Gasteiger partial charge >= 0.3 is 0 Å². The quantitative estimate of drug-likeness (QED) is 0.385. The van der Waals surface area contributed by atoms with E-state index >= 15 is 0 Å². The highest BCUT2D eigenvalue weighted by Crippen LogP contribution is 2.31. The van der Waals surface area contributed by atoms with Gasteiger partial charge in [0.25, 0.3) is 0 Å². The molecule has 2 rings (SSSR count). The van der Waals surface area contributed by atoms with Crippen molar-refractivity contribution in [2.45, 2.75) is 16.7 Å². The summed E-state index contributed by atoms with van der Waals surface area (Å²) in [5.41, 5.74) is 7.50. The molecule has 19 heavy (non-hydrogen) atoms. The molecule has 0 fully saturated rings. The summed E-state index contributed by atoms with van der Waals surface area (Å²) in [5, 5.41) is 11.7. The summed E-state index contributed by atoms with van der Waals surface area (Å²) in [6.07, 6.45) is 0. The van der Waals surface area contributed by atoms with E-state index in [-0.39, 0.29) is 5.84 Å². The summed E-state index contributed by atoms with van der Waals surface area (Å²) in [7, 11) is 0. The van der Waals surface area contributed by atoms with Gasteiger partial charge in [0.15, 0.2) is 5.84 Å². The van der Waals surface area contributed by atoms with Gasteiger partial charge in [-0.2, -0.15) is 0 Å². The number of nitrogens with zero attached hydrogens (tertiary/aromatic N) is 1. The fourth-order valence-electron chi connectivity index (χ4n) is 1.56. The molecule has 0 unspecified atom stereocenters. The highest BCUT2D eigenvalue weighted by Gasteiger charge is 2.06. The van der Waals surface area contributed by atoms with Crippen molar-refractivity contribution < 1.29 is 5.21 Å². The molecule has 2 aromatic rings. The predicted molar refractivity (Wildman–Crippen MR) is 82.0 cm³/mol. The van der Waals surface area contributed by atoms with Gasteiger partial charge in [-0.25, -0.2) is 0 Å². The lowest BCUT2D eigenvalue weighted by Crippen LogP contribution is -2.13. The van der Waals surface area contributed by atoms with E-state index in [9.17, 15) is 0 Å². The zero-order valence-corrected chi connectivity index (χ0v) is 12.7. The largest absolute Gasteiger partial charge is 0.409 e. The first kappa shape index (κ1) is 14.0. The number of hydrogen-bond donors (Lipinski definition) is 2. The van der Waals surface area contributed by atoms with Gasteiger partial charge in [0.2, 0.25) is 0 Å². The van der Waals surface area contributed by atoms with Crippen LogP contribution in [0.15, 0.2) is 61.9 Å². The highest BCUT2D eigenvalue weighted by molar-refractivity contribution is 9.10. The third-order valence-corrected chi connectivity index (χ3v) is 4.23. The molecule has 0 saturated carbocycles. The fourth-order valence-corrected chi connectivity index (χ4v) is 3.15. The molecule has 0 radical (unpaired) electrons. The van der Waals surface area contributed by atoms with E-state index < -0.39 is 0 Å². The van der Waals surface area contributed by atoms with E-state index in [2.05, 4.69) is 52.3 Å². The van der Waals surface area contributed by atoms with Crippen LogP contribution in [0, 0.1) is 6.92 Å². The molecule has 2 aromatic carbocycles. The van der Waals surface area contributed by atoms with Gasteiger partial charge in [-0.15, -0.1) is 0 Å². The van der Waals surface area contributed by atoms with Crippen LogP contribution in [-0.2, 0) is 0 Å². The zero-order chi connectivity index (χ0) is 13.8. The monoisotopic (exact) mass is 336 g/mol. The van der Waals surface area contributed by atoms with Crippen molar-refractivity contribution in [1.82, 2.24) is 0 Å². The maximum absolute atomic E-state index is 8.68. The SMILES string of the molecule is Cc1ccc(Sc2ccc(/C(N)=N/O)c(Br)c2)cc1. The maximum Gasteiger partial charge on any atom is 0.171 e. The Balaban J connectivity index is 2.23. The van der Waals surface area contributed by atoms with Gasteiger partial charge in [-0.1, -0.05) is 34.6 Å². The number of hydrogen-bond acceptors (Lipinski definition) is 3. The van der Waals surface area contributed by atoms with Crippen LogP contribution in [0.4, 0.5) is 0 Å². The van der Waals surface area contributed by atoms with Gasteiger partial charge in [0.05, 0.1) is 0 Å². The van der Waals surface area contributed by atoms with Crippen molar-refractivity contribution in [3.05, 3.63) is 58.1 Å². The van der Waals surface area contributed by atoms with E-state index in [0.29, 0.717) is 5.56 Å². The van der Waals surface area contributed by atoms with Crippen LogP contribution < -0.4 is 5.73 Å². The van der Waals surface area contributed by atoms with Crippen LogP contribution in [0.1, 0.15) is 11.1 Å². The number of rotatable bonds is 3. The molecule has 0 spiro atoms. The summed E-state index contributed by atoms with van der Waals surface area (Å²) in [6, 6.07) is 14.1. The van der Waals surface area contributed by atoms with Gasteiger partial charge < -0.3 is 10.9 Å². The average Bonchev–Trinajstić information content (AvgIpc) is 2.41. The maximum atomic E-state index is 8.68. The van der Waals surface area contributed by atoms with E-state index in [1.165, 1.54) is 10.5 Å². The summed E-state index contributed by atoms with van der Waals surface area (Å²) in [6.45, 7) is 2.07. The molecule has 0 aliphatic carbocycles. The van der Waals surface area contributed by atoms with Crippen molar-refractivity contribution in [3.63, 3.8) is 0 Å². The molecule has 5 heteroatoms. The van der Waals surface area contributed by atoms with Crippen LogP contribution in [-0.4, -0.2) is 11.0 Å². The first-order chi connectivity index (χ1) is 9.10. The minimum Gasteiger partial charge on any atom is -0.409 e. The molecular weight excluding hydrogens is 324 g/mol. The molecule has 0 saturated heterocycles. The number of benzene rings is 2. The minimum absolute atomic E-state index is 0.0961. The van der Waals surface area contributed by atoms with Crippen LogP contribution in [0.5, 0.6) is 0 Å². The lowest BCUT2D eigenvalue weighted by molar-refractivity contribution is 0.318. The van der Waals surface area contributed by atoms with Crippen molar-refractivity contribution >= 4 is 33.5 Å². The van der Waals surface area contributed by atoms with E-state index in [1.807, 2.05) is 18.2 Å². The van der Waals surface area contributed by atoms with Crippen molar-refractivity contribution in [1.29, 1.82) is 0 Å².